The van der Waals surface area contributed by atoms with Gasteiger partial charge in [-0.1, -0.05) is 18.2 Å². The number of nitrogens with two attached hydrogens (primary N) is 1. The quantitative estimate of drug-likeness (QED) is 0.307. The number of benzene rings is 1. The zero-order valence-electron chi connectivity index (χ0n) is 21.1. The maximum absolute atomic E-state index is 13.4. The van der Waals surface area contributed by atoms with Crippen LogP contribution in [0.15, 0.2) is 41.8 Å². The molecule has 0 radical (unpaired) electrons. The summed E-state index contributed by atoms with van der Waals surface area (Å²) in [4.78, 5) is 64.1. The van der Waals surface area contributed by atoms with Gasteiger partial charge in [-0.15, -0.1) is 11.3 Å². The number of primary amides is 1. The molecule has 1 aliphatic heterocycles. The number of carboxylic acids is 1. The molecular weight excluding hydrogens is 512 g/mol. The van der Waals surface area contributed by atoms with Crippen LogP contribution >= 0.6 is 11.3 Å². The molecular formula is C26H32N4O7S. The van der Waals surface area contributed by atoms with Crippen molar-refractivity contribution in [2.75, 3.05) is 13.7 Å². The highest BCUT2D eigenvalue weighted by atomic mass is 32.1. The van der Waals surface area contributed by atoms with Crippen molar-refractivity contribution in [2.45, 2.75) is 56.7 Å². The van der Waals surface area contributed by atoms with E-state index in [1.807, 2.05) is 17.5 Å². The van der Waals surface area contributed by atoms with Crippen LogP contribution in [0, 0.1) is 0 Å². The second-order valence-corrected chi connectivity index (χ2v) is 10.1. The molecule has 204 valence electrons. The number of nitrogens with zero attached hydrogens (tertiary/aromatic N) is 1. The predicted octanol–water partition coefficient (Wildman–Crippen LogP) is 0.853. The van der Waals surface area contributed by atoms with E-state index in [9.17, 15) is 24.0 Å². The van der Waals surface area contributed by atoms with Gasteiger partial charge in [0.1, 0.15) is 17.8 Å². The Morgan fingerprint density at radius 2 is 1.89 bits per heavy atom. The molecule has 1 aromatic carbocycles. The van der Waals surface area contributed by atoms with E-state index in [2.05, 4.69) is 10.6 Å². The third-order valence-electron chi connectivity index (χ3n) is 6.32. The van der Waals surface area contributed by atoms with Gasteiger partial charge < -0.3 is 31.1 Å². The third kappa shape index (κ3) is 8.30. The standard InChI is InChI=1S/C26H32N4O7S/c1-37-18-6-4-16(5-7-18)13-20(25(27)35)29-26(36)21-14-17(28-22(31)15-19-3-2-12-38-19)10-11-30(21)23(32)8-9-24(33)34/h2-7,12,17,20-21H,8-11,13-15H2,1H3,(H2,27,35)(H,28,31)(H,29,36)(H,33,34)/t17-,20-,21-/m0/s1. The number of rotatable bonds is 12. The largest absolute Gasteiger partial charge is 0.497 e. The molecule has 5 N–H and O–H groups in total. The van der Waals surface area contributed by atoms with Crippen molar-refractivity contribution in [3.63, 3.8) is 0 Å². The highest BCUT2D eigenvalue weighted by Crippen LogP contribution is 2.21. The molecule has 0 aliphatic carbocycles. The Balaban J connectivity index is 1.71. The highest BCUT2D eigenvalue weighted by Gasteiger charge is 2.38. The number of hydrogen-bond acceptors (Lipinski definition) is 7. The fourth-order valence-electron chi connectivity index (χ4n) is 4.34. The van der Waals surface area contributed by atoms with E-state index < -0.39 is 35.8 Å². The first kappa shape index (κ1) is 28.6. The summed E-state index contributed by atoms with van der Waals surface area (Å²) in [7, 11) is 1.53. The summed E-state index contributed by atoms with van der Waals surface area (Å²) < 4.78 is 5.14. The normalized spacial score (nSPS) is 17.8. The molecule has 0 bridgehead atoms. The van der Waals surface area contributed by atoms with Crippen LogP contribution in [0.5, 0.6) is 5.75 Å². The first-order chi connectivity index (χ1) is 18.2. The van der Waals surface area contributed by atoms with Gasteiger partial charge in [0, 0.05) is 30.3 Å². The van der Waals surface area contributed by atoms with Crippen LogP contribution in [0.2, 0.25) is 0 Å². The number of amides is 4. The molecule has 1 saturated heterocycles. The minimum atomic E-state index is -1.12. The van der Waals surface area contributed by atoms with Gasteiger partial charge in [-0.05, 0) is 42.0 Å². The van der Waals surface area contributed by atoms with E-state index in [1.165, 1.54) is 23.3 Å². The van der Waals surface area contributed by atoms with Crippen LogP contribution in [0.25, 0.3) is 0 Å². The van der Waals surface area contributed by atoms with Gasteiger partial charge in [0.05, 0.1) is 20.0 Å². The second kappa shape index (κ2) is 13.6. The summed E-state index contributed by atoms with van der Waals surface area (Å²) in [5, 5.41) is 16.4. The van der Waals surface area contributed by atoms with Crippen molar-refractivity contribution in [2.24, 2.45) is 5.73 Å². The summed E-state index contributed by atoms with van der Waals surface area (Å²) >= 11 is 1.47. The van der Waals surface area contributed by atoms with E-state index in [4.69, 9.17) is 15.6 Å². The fraction of sp³-hybridized carbons (Fsp3) is 0.423. The van der Waals surface area contributed by atoms with Crippen molar-refractivity contribution in [3.05, 3.63) is 52.2 Å². The lowest BCUT2D eigenvalue weighted by Gasteiger charge is -2.39. The number of hydrogen-bond donors (Lipinski definition) is 4. The number of carbonyl (C=O) groups excluding carboxylic acids is 4. The van der Waals surface area contributed by atoms with Gasteiger partial charge in [0.25, 0.3) is 0 Å². The Bertz CT molecular complexity index is 1140. The Morgan fingerprint density at radius 1 is 1.16 bits per heavy atom. The minimum absolute atomic E-state index is 0.120. The fourth-order valence-corrected chi connectivity index (χ4v) is 5.04. The van der Waals surface area contributed by atoms with Gasteiger partial charge in [0.15, 0.2) is 0 Å². The summed E-state index contributed by atoms with van der Waals surface area (Å²) in [6.45, 7) is 0.153. The van der Waals surface area contributed by atoms with E-state index >= 15 is 0 Å². The van der Waals surface area contributed by atoms with Crippen molar-refractivity contribution in [1.82, 2.24) is 15.5 Å². The lowest BCUT2D eigenvalue weighted by Crippen LogP contribution is -2.59. The van der Waals surface area contributed by atoms with Crippen LogP contribution in [-0.4, -0.2) is 71.4 Å². The van der Waals surface area contributed by atoms with Gasteiger partial charge in [-0.3, -0.25) is 24.0 Å². The van der Waals surface area contributed by atoms with Crippen molar-refractivity contribution >= 4 is 40.9 Å². The zero-order chi connectivity index (χ0) is 27.7. The molecule has 3 rings (SSSR count). The number of aliphatic carboxylic acids is 1. The first-order valence-electron chi connectivity index (χ1n) is 12.2. The molecule has 1 aromatic heterocycles. The number of likely N-dealkylation sites (tertiary alicyclic amines) is 1. The summed E-state index contributed by atoms with van der Waals surface area (Å²) in [5.41, 5.74) is 6.31. The topological polar surface area (TPSA) is 168 Å². The number of methoxy groups -OCH3 is 1. The molecule has 1 fully saturated rings. The van der Waals surface area contributed by atoms with Crippen molar-refractivity contribution in [1.29, 1.82) is 0 Å². The summed E-state index contributed by atoms with van der Waals surface area (Å²) in [6.07, 6.45) is 0.230. The van der Waals surface area contributed by atoms with E-state index in [-0.39, 0.29) is 50.6 Å². The third-order valence-corrected chi connectivity index (χ3v) is 7.19. The Morgan fingerprint density at radius 3 is 2.50 bits per heavy atom. The number of carbonyl (C=O) groups is 5. The van der Waals surface area contributed by atoms with Gasteiger partial charge in [0.2, 0.25) is 23.6 Å². The van der Waals surface area contributed by atoms with E-state index in [1.54, 1.807) is 24.3 Å². The van der Waals surface area contributed by atoms with Crippen LogP contribution in [-0.2, 0) is 36.8 Å². The first-order valence-corrected chi connectivity index (χ1v) is 13.1. The molecule has 0 unspecified atom stereocenters. The minimum Gasteiger partial charge on any atom is -0.497 e. The molecule has 2 aromatic rings. The van der Waals surface area contributed by atoms with Crippen molar-refractivity contribution in [3.8, 4) is 5.75 Å². The zero-order valence-corrected chi connectivity index (χ0v) is 21.9. The van der Waals surface area contributed by atoms with Crippen LogP contribution in [0.3, 0.4) is 0 Å². The summed E-state index contributed by atoms with van der Waals surface area (Å²) in [6, 6.07) is 8.24. The number of thiophene rings is 1. The molecule has 1 aliphatic rings. The molecule has 4 amide bonds. The lowest BCUT2D eigenvalue weighted by molar-refractivity contribution is -0.146. The van der Waals surface area contributed by atoms with Crippen LogP contribution in [0.4, 0.5) is 0 Å². The SMILES string of the molecule is COc1ccc(C[C@H](NC(=O)[C@@H]2C[C@@H](NC(=O)Cc3cccs3)CCN2C(=O)CCC(=O)O)C(N)=O)cc1. The average Bonchev–Trinajstić information content (AvgIpc) is 3.40. The molecule has 2 heterocycles. The van der Waals surface area contributed by atoms with E-state index in [0.717, 1.165) is 10.4 Å². The number of nitrogens with one attached hydrogen (secondary N) is 2. The van der Waals surface area contributed by atoms with Gasteiger partial charge >= 0.3 is 5.97 Å². The molecule has 12 heteroatoms. The Labute approximate surface area is 224 Å². The van der Waals surface area contributed by atoms with E-state index in [0.29, 0.717) is 12.2 Å². The molecule has 0 spiro atoms. The summed E-state index contributed by atoms with van der Waals surface area (Å²) in [5.74, 6) is -2.50. The molecule has 11 nitrogen and oxygen atoms in total. The average molecular weight is 545 g/mol. The smallest absolute Gasteiger partial charge is 0.303 e. The highest BCUT2D eigenvalue weighted by molar-refractivity contribution is 7.10. The molecule has 3 atom stereocenters. The molecule has 38 heavy (non-hydrogen) atoms. The monoisotopic (exact) mass is 544 g/mol. The van der Waals surface area contributed by atoms with Crippen LogP contribution < -0.4 is 21.1 Å². The second-order valence-electron chi connectivity index (χ2n) is 9.06. The lowest BCUT2D eigenvalue weighted by atomic mass is 9.94. The number of piperidine rings is 1. The van der Waals surface area contributed by atoms with Gasteiger partial charge in [-0.25, -0.2) is 0 Å². The maximum Gasteiger partial charge on any atom is 0.303 e. The number of carboxylic acid groups (broad SMARTS) is 1. The Hall–Kier alpha value is -3.93. The predicted molar refractivity (Wildman–Crippen MR) is 139 cm³/mol. The van der Waals surface area contributed by atoms with Crippen LogP contribution in [0.1, 0.15) is 36.1 Å². The van der Waals surface area contributed by atoms with Gasteiger partial charge in [-0.2, -0.15) is 0 Å². The number of ether oxygens (including phenoxy) is 1. The van der Waals surface area contributed by atoms with Crippen molar-refractivity contribution < 1.29 is 33.8 Å². The molecule has 0 saturated carbocycles. The Kier molecular flexibility index (Phi) is 10.2. The maximum atomic E-state index is 13.4.